The Kier molecular flexibility index (Phi) is 5.82. The van der Waals surface area contributed by atoms with Crippen molar-refractivity contribution in [1.82, 2.24) is 14.9 Å². The highest BCUT2D eigenvalue weighted by atomic mass is 16.5. The number of methoxy groups -OCH3 is 1. The standard InChI is InChI=1S/C14H27N3O/c1-6-10-17-11-9-16-13(17)12(15-4)14(7-2,8-3)18-5/h9,11-12,15H,6-8,10H2,1-5H3. The Balaban J connectivity index is 3.11. The number of rotatable bonds is 8. The zero-order chi connectivity index (χ0) is 13.6. The molecule has 0 amide bonds. The van der Waals surface area contributed by atoms with Gasteiger partial charge in [0.15, 0.2) is 0 Å². The van der Waals surface area contributed by atoms with Crippen molar-refractivity contribution in [3.8, 4) is 0 Å². The number of hydrogen-bond acceptors (Lipinski definition) is 3. The summed E-state index contributed by atoms with van der Waals surface area (Å²) in [7, 11) is 3.78. The molecule has 0 saturated heterocycles. The Morgan fingerprint density at radius 1 is 1.39 bits per heavy atom. The summed E-state index contributed by atoms with van der Waals surface area (Å²) in [6, 6.07) is 0.124. The predicted molar refractivity (Wildman–Crippen MR) is 74.6 cm³/mol. The Morgan fingerprint density at radius 3 is 2.50 bits per heavy atom. The minimum Gasteiger partial charge on any atom is -0.376 e. The number of aryl methyl sites for hydroxylation is 1. The lowest BCUT2D eigenvalue weighted by Gasteiger charge is -2.38. The number of likely N-dealkylation sites (N-methyl/N-ethyl adjacent to an activating group) is 1. The Morgan fingerprint density at radius 2 is 2.06 bits per heavy atom. The summed E-state index contributed by atoms with van der Waals surface area (Å²) in [4.78, 5) is 4.54. The van der Waals surface area contributed by atoms with Crippen LogP contribution in [0.4, 0.5) is 0 Å². The smallest absolute Gasteiger partial charge is 0.128 e. The van der Waals surface area contributed by atoms with E-state index in [0.717, 1.165) is 31.6 Å². The van der Waals surface area contributed by atoms with Crippen molar-refractivity contribution in [2.24, 2.45) is 0 Å². The van der Waals surface area contributed by atoms with Crippen LogP contribution in [0.15, 0.2) is 12.4 Å². The van der Waals surface area contributed by atoms with Crippen molar-refractivity contribution in [3.05, 3.63) is 18.2 Å². The Labute approximate surface area is 111 Å². The van der Waals surface area contributed by atoms with E-state index in [1.807, 2.05) is 13.2 Å². The van der Waals surface area contributed by atoms with Crippen LogP contribution in [0, 0.1) is 0 Å². The van der Waals surface area contributed by atoms with Crippen molar-refractivity contribution in [2.75, 3.05) is 14.2 Å². The molecule has 4 nitrogen and oxygen atoms in total. The van der Waals surface area contributed by atoms with Gasteiger partial charge in [0.25, 0.3) is 0 Å². The lowest BCUT2D eigenvalue weighted by molar-refractivity contribution is -0.0497. The van der Waals surface area contributed by atoms with Crippen molar-refractivity contribution >= 4 is 0 Å². The topological polar surface area (TPSA) is 39.1 Å². The lowest BCUT2D eigenvalue weighted by atomic mass is 9.87. The zero-order valence-corrected chi connectivity index (χ0v) is 12.4. The van der Waals surface area contributed by atoms with Crippen molar-refractivity contribution in [1.29, 1.82) is 0 Å². The molecule has 1 atom stereocenters. The van der Waals surface area contributed by atoms with Gasteiger partial charge in [0.1, 0.15) is 5.82 Å². The molecule has 0 spiro atoms. The zero-order valence-electron chi connectivity index (χ0n) is 12.4. The van der Waals surface area contributed by atoms with E-state index in [4.69, 9.17) is 4.74 Å². The second-order valence-electron chi connectivity index (χ2n) is 4.68. The molecule has 0 aliphatic rings. The molecule has 1 N–H and O–H groups in total. The number of nitrogens with zero attached hydrogens (tertiary/aromatic N) is 2. The predicted octanol–water partition coefficient (Wildman–Crippen LogP) is 2.76. The first kappa shape index (κ1) is 15.2. The van der Waals surface area contributed by atoms with E-state index in [0.29, 0.717) is 0 Å². The summed E-state index contributed by atoms with van der Waals surface area (Å²) < 4.78 is 8.05. The van der Waals surface area contributed by atoms with Gasteiger partial charge in [-0.1, -0.05) is 20.8 Å². The van der Waals surface area contributed by atoms with Crippen LogP contribution in [0.25, 0.3) is 0 Å². The van der Waals surface area contributed by atoms with E-state index >= 15 is 0 Å². The van der Waals surface area contributed by atoms with Crippen LogP contribution in [-0.2, 0) is 11.3 Å². The molecule has 1 aromatic heterocycles. The van der Waals surface area contributed by atoms with E-state index in [1.54, 1.807) is 7.11 Å². The van der Waals surface area contributed by atoms with Crippen LogP contribution < -0.4 is 5.32 Å². The van der Waals surface area contributed by atoms with E-state index in [-0.39, 0.29) is 11.6 Å². The molecule has 4 heteroatoms. The normalized spacial score (nSPS) is 13.8. The first-order valence-corrected chi connectivity index (χ1v) is 6.92. The van der Waals surface area contributed by atoms with Crippen LogP contribution in [0.2, 0.25) is 0 Å². The highest BCUT2D eigenvalue weighted by molar-refractivity contribution is 5.07. The Hall–Kier alpha value is -0.870. The molecular formula is C14H27N3O. The molecule has 0 aliphatic heterocycles. The molecule has 0 saturated carbocycles. The van der Waals surface area contributed by atoms with Crippen LogP contribution in [0.1, 0.15) is 51.9 Å². The fourth-order valence-corrected chi connectivity index (χ4v) is 2.70. The summed E-state index contributed by atoms with van der Waals surface area (Å²) in [6.45, 7) is 7.52. The molecule has 1 unspecified atom stereocenters. The second kappa shape index (κ2) is 6.90. The van der Waals surface area contributed by atoms with Gasteiger partial charge in [-0.05, 0) is 26.3 Å². The van der Waals surface area contributed by atoms with Gasteiger partial charge in [0.2, 0.25) is 0 Å². The minimum absolute atomic E-state index is 0.124. The van der Waals surface area contributed by atoms with Gasteiger partial charge in [-0.3, -0.25) is 0 Å². The number of imidazole rings is 1. The summed E-state index contributed by atoms with van der Waals surface area (Å²) in [5, 5.41) is 3.39. The van der Waals surface area contributed by atoms with Gasteiger partial charge in [-0.2, -0.15) is 0 Å². The van der Waals surface area contributed by atoms with Gasteiger partial charge in [-0.15, -0.1) is 0 Å². The summed E-state index contributed by atoms with van der Waals surface area (Å²) in [5.41, 5.74) is -0.189. The lowest BCUT2D eigenvalue weighted by Crippen LogP contribution is -2.45. The van der Waals surface area contributed by atoms with E-state index in [1.165, 1.54) is 0 Å². The molecule has 0 fully saturated rings. The molecule has 0 bridgehead atoms. The molecule has 0 radical (unpaired) electrons. The first-order chi connectivity index (χ1) is 8.68. The molecule has 1 rings (SSSR count). The third kappa shape index (κ3) is 2.75. The molecule has 18 heavy (non-hydrogen) atoms. The number of ether oxygens (including phenoxy) is 1. The van der Waals surface area contributed by atoms with Crippen molar-refractivity contribution in [3.63, 3.8) is 0 Å². The summed E-state index contributed by atoms with van der Waals surface area (Å²) >= 11 is 0. The quantitative estimate of drug-likeness (QED) is 0.774. The SMILES string of the molecule is CCCn1ccnc1C(NC)C(CC)(CC)OC. The van der Waals surface area contributed by atoms with Gasteiger partial charge in [0.05, 0.1) is 11.6 Å². The maximum Gasteiger partial charge on any atom is 0.128 e. The van der Waals surface area contributed by atoms with Crippen LogP contribution in [-0.4, -0.2) is 29.3 Å². The van der Waals surface area contributed by atoms with Gasteiger partial charge in [-0.25, -0.2) is 4.98 Å². The number of nitrogens with one attached hydrogen (secondary N) is 1. The summed E-state index contributed by atoms with van der Waals surface area (Å²) in [5.74, 6) is 1.07. The van der Waals surface area contributed by atoms with Gasteiger partial charge in [0, 0.05) is 26.0 Å². The first-order valence-electron chi connectivity index (χ1n) is 6.92. The molecule has 0 aromatic carbocycles. The van der Waals surface area contributed by atoms with Crippen LogP contribution >= 0.6 is 0 Å². The second-order valence-corrected chi connectivity index (χ2v) is 4.68. The molecule has 1 aromatic rings. The number of aromatic nitrogens is 2. The maximum absolute atomic E-state index is 5.83. The average molecular weight is 253 g/mol. The van der Waals surface area contributed by atoms with E-state index < -0.39 is 0 Å². The highest BCUT2D eigenvalue weighted by Gasteiger charge is 2.38. The van der Waals surface area contributed by atoms with Crippen molar-refractivity contribution in [2.45, 2.75) is 58.2 Å². The minimum atomic E-state index is -0.189. The average Bonchev–Trinajstić information content (AvgIpc) is 2.84. The number of hydrogen-bond donors (Lipinski definition) is 1. The van der Waals surface area contributed by atoms with Crippen LogP contribution in [0.5, 0.6) is 0 Å². The third-order valence-electron chi connectivity index (χ3n) is 3.89. The highest BCUT2D eigenvalue weighted by Crippen LogP contribution is 2.33. The van der Waals surface area contributed by atoms with Gasteiger partial charge < -0.3 is 14.6 Å². The monoisotopic (exact) mass is 253 g/mol. The molecule has 0 aliphatic carbocycles. The molecule has 1 heterocycles. The maximum atomic E-state index is 5.83. The van der Waals surface area contributed by atoms with Gasteiger partial charge >= 0.3 is 0 Å². The van der Waals surface area contributed by atoms with E-state index in [2.05, 4.69) is 41.8 Å². The fraction of sp³-hybridized carbons (Fsp3) is 0.786. The van der Waals surface area contributed by atoms with Crippen LogP contribution in [0.3, 0.4) is 0 Å². The Bertz CT molecular complexity index is 336. The third-order valence-corrected chi connectivity index (χ3v) is 3.89. The molecule has 104 valence electrons. The van der Waals surface area contributed by atoms with Crippen molar-refractivity contribution < 1.29 is 4.74 Å². The fourth-order valence-electron chi connectivity index (χ4n) is 2.70. The largest absolute Gasteiger partial charge is 0.376 e. The molecular weight excluding hydrogens is 226 g/mol. The van der Waals surface area contributed by atoms with E-state index in [9.17, 15) is 0 Å². The summed E-state index contributed by atoms with van der Waals surface area (Å²) in [6.07, 6.45) is 6.96.